The highest BCUT2D eigenvalue weighted by molar-refractivity contribution is 7.80. The molecule has 0 N–H and O–H groups in total. The average Bonchev–Trinajstić information content (AvgIpc) is 3.02. The van der Waals surface area contributed by atoms with Crippen LogP contribution in [0.15, 0.2) is 0 Å². The summed E-state index contributed by atoms with van der Waals surface area (Å²) in [5.74, 6) is 1.76. The van der Waals surface area contributed by atoms with Crippen LogP contribution in [0.1, 0.15) is 19.8 Å². The average molecular weight is 214 g/mol. The van der Waals surface area contributed by atoms with Gasteiger partial charge in [-0.2, -0.15) is 12.6 Å². The Bertz CT molecular complexity index is 174. The molecule has 1 saturated carbocycles. The van der Waals surface area contributed by atoms with E-state index >= 15 is 0 Å². The Hall–Kier alpha value is 0.270. The Labute approximate surface area is 93.1 Å². The molecule has 2 nitrogen and oxygen atoms in total. The zero-order valence-electron chi connectivity index (χ0n) is 9.15. The Morgan fingerprint density at radius 3 is 2.36 bits per heavy atom. The standard InChI is InChI=1S/C11H22N2S/c1-10(9-14)8-12-4-6-13(7-5-12)11-2-3-11/h10-11,14H,2-9H2,1H3. The Morgan fingerprint density at radius 1 is 1.21 bits per heavy atom. The van der Waals surface area contributed by atoms with E-state index in [0.29, 0.717) is 0 Å². The van der Waals surface area contributed by atoms with Crippen LogP contribution in [0.25, 0.3) is 0 Å². The van der Waals surface area contributed by atoms with Crippen LogP contribution >= 0.6 is 12.6 Å². The van der Waals surface area contributed by atoms with E-state index < -0.39 is 0 Å². The van der Waals surface area contributed by atoms with Crippen LogP contribution in [0.4, 0.5) is 0 Å². The van der Waals surface area contributed by atoms with Crippen molar-refractivity contribution in [3.05, 3.63) is 0 Å². The molecule has 2 aliphatic rings. The van der Waals surface area contributed by atoms with Gasteiger partial charge in [-0.1, -0.05) is 6.92 Å². The molecule has 1 heterocycles. The third kappa shape index (κ3) is 2.88. The molecule has 14 heavy (non-hydrogen) atoms. The maximum atomic E-state index is 4.34. The van der Waals surface area contributed by atoms with E-state index in [-0.39, 0.29) is 0 Å². The van der Waals surface area contributed by atoms with E-state index in [0.717, 1.165) is 17.7 Å². The Morgan fingerprint density at radius 2 is 1.86 bits per heavy atom. The summed E-state index contributed by atoms with van der Waals surface area (Å²) < 4.78 is 0. The molecule has 0 aromatic heterocycles. The second-order valence-corrected chi connectivity index (χ2v) is 5.22. The van der Waals surface area contributed by atoms with Crippen LogP contribution in [0.3, 0.4) is 0 Å². The number of hydrogen-bond donors (Lipinski definition) is 1. The zero-order chi connectivity index (χ0) is 9.97. The van der Waals surface area contributed by atoms with Crippen LogP contribution in [-0.2, 0) is 0 Å². The molecule has 0 aromatic carbocycles. The van der Waals surface area contributed by atoms with Crippen molar-refractivity contribution in [3.63, 3.8) is 0 Å². The summed E-state index contributed by atoms with van der Waals surface area (Å²) in [4.78, 5) is 5.27. The molecule has 1 aliphatic heterocycles. The Balaban J connectivity index is 1.67. The van der Waals surface area contributed by atoms with Crippen molar-refractivity contribution in [2.24, 2.45) is 5.92 Å². The normalized spacial score (nSPS) is 27.9. The van der Waals surface area contributed by atoms with Crippen molar-refractivity contribution < 1.29 is 0 Å². The topological polar surface area (TPSA) is 6.48 Å². The minimum atomic E-state index is 0.741. The second-order valence-electron chi connectivity index (χ2n) is 4.86. The molecule has 3 heteroatoms. The highest BCUT2D eigenvalue weighted by Gasteiger charge is 2.31. The van der Waals surface area contributed by atoms with Gasteiger partial charge in [0.2, 0.25) is 0 Å². The monoisotopic (exact) mass is 214 g/mol. The SMILES string of the molecule is CC(CS)CN1CCN(C2CC2)CC1. The van der Waals surface area contributed by atoms with Crippen molar-refractivity contribution in [2.75, 3.05) is 38.5 Å². The lowest BCUT2D eigenvalue weighted by molar-refractivity contribution is 0.117. The summed E-state index contributed by atoms with van der Waals surface area (Å²) in [6, 6.07) is 0.958. The van der Waals surface area contributed by atoms with Gasteiger partial charge in [-0.25, -0.2) is 0 Å². The van der Waals surface area contributed by atoms with Gasteiger partial charge in [-0.15, -0.1) is 0 Å². The molecular formula is C11H22N2S. The maximum Gasteiger partial charge on any atom is 0.0113 e. The molecule has 0 bridgehead atoms. The number of nitrogens with zero attached hydrogens (tertiary/aromatic N) is 2. The number of rotatable bonds is 4. The van der Waals surface area contributed by atoms with Crippen LogP contribution in [-0.4, -0.2) is 54.3 Å². The van der Waals surface area contributed by atoms with Gasteiger partial charge >= 0.3 is 0 Å². The molecule has 2 fully saturated rings. The van der Waals surface area contributed by atoms with Crippen molar-refractivity contribution in [1.82, 2.24) is 9.80 Å². The van der Waals surface area contributed by atoms with Crippen LogP contribution in [0.5, 0.6) is 0 Å². The summed E-state index contributed by atoms with van der Waals surface area (Å²) in [5, 5.41) is 0. The first-order valence-electron chi connectivity index (χ1n) is 5.87. The van der Waals surface area contributed by atoms with Crippen LogP contribution in [0.2, 0.25) is 0 Å². The number of piperazine rings is 1. The van der Waals surface area contributed by atoms with E-state index in [9.17, 15) is 0 Å². The third-order valence-electron chi connectivity index (χ3n) is 3.35. The lowest BCUT2D eigenvalue weighted by atomic mass is 10.2. The molecule has 1 saturated heterocycles. The van der Waals surface area contributed by atoms with E-state index in [4.69, 9.17) is 0 Å². The van der Waals surface area contributed by atoms with E-state index in [1.165, 1.54) is 45.6 Å². The van der Waals surface area contributed by atoms with Gasteiger partial charge in [0, 0.05) is 38.8 Å². The summed E-state index contributed by atoms with van der Waals surface area (Å²) in [7, 11) is 0. The molecular weight excluding hydrogens is 192 g/mol. The van der Waals surface area contributed by atoms with Crippen molar-refractivity contribution >= 4 is 12.6 Å². The number of thiol groups is 1. The largest absolute Gasteiger partial charge is 0.300 e. The third-order valence-corrected chi connectivity index (χ3v) is 3.98. The van der Waals surface area contributed by atoms with Crippen molar-refractivity contribution in [1.29, 1.82) is 0 Å². The van der Waals surface area contributed by atoms with Gasteiger partial charge in [0.25, 0.3) is 0 Å². The summed E-state index contributed by atoms with van der Waals surface area (Å²) in [5.41, 5.74) is 0. The fourth-order valence-electron chi connectivity index (χ4n) is 2.25. The second kappa shape index (κ2) is 4.86. The first kappa shape index (κ1) is 10.8. The minimum Gasteiger partial charge on any atom is -0.300 e. The fourth-order valence-corrected chi connectivity index (χ4v) is 2.36. The molecule has 1 unspecified atom stereocenters. The quantitative estimate of drug-likeness (QED) is 0.706. The highest BCUT2D eigenvalue weighted by atomic mass is 32.1. The lowest BCUT2D eigenvalue weighted by Crippen LogP contribution is -2.48. The van der Waals surface area contributed by atoms with Crippen LogP contribution in [0, 0.1) is 5.92 Å². The molecule has 1 atom stereocenters. The van der Waals surface area contributed by atoms with Gasteiger partial charge in [0.15, 0.2) is 0 Å². The van der Waals surface area contributed by atoms with E-state index in [1.807, 2.05) is 0 Å². The van der Waals surface area contributed by atoms with Gasteiger partial charge in [-0.05, 0) is 24.5 Å². The smallest absolute Gasteiger partial charge is 0.0113 e. The molecule has 2 rings (SSSR count). The maximum absolute atomic E-state index is 4.34. The van der Waals surface area contributed by atoms with Gasteiger partial charge in [-0.3, -0.25) is 4.90 Å². The summed E-state index contributed by atoms with van der Waals surface area (Å²) in [6.07, 6.45) is 2.90. The highest BCUT2D eigenvalue weighted by Crippen LogP contribution is 2.27. The predicted molar refractivity (Wildman–Crippen MR) is 64.1 cm³/mol. The molecule has 0 spiro atoms. The minimum absolute atomic E-state index is 0.741. The van der Waals surface area contributed by atoms with E-state index in [1.54, 1.807) is 0 Å². The molecule has 0 amide bonds. The van der Waals surface area contributed by atoms with E-state index in [2.05, 4.69) is 29.4 Å². The van der Waals surface area contributed by atoms with Gasteiger partial charge < -0.3 is 4.90 Å². The molecule has 0 radical (unpaired) electrons. The van der Waals surface area contributed by atoms with Crippen molar-refractivity contribution in [3.8, 4) is 0 Å². The van der Waals surface area contributed by atoms with Crippen LogP contribution < -0.4 is 0 Å². The fraction of sp³-hybridized carbons (Fsp3) is 1.00. The Kier molecular flexibility index (Phi) is 3.74. The lowest BCUT2D eigenvalue weighted by Gasteiger charge is -2.35. The van der Waals surface area contributed by atoms with Gasteiger partial charge in [0.05, 0.1) is 0 Å². The molecule has 82 valence electrons. The summed E-state index contributed by atoms with van der Waals surface area (Å²) in [6.45, 7) is 8.67. The molecule has 0 aromatic rings. The first-order valence-corrected chi connectivity index (χ1v) is 6.50. The molecule has 1 aliphatic carbocycles. The summed E-state index contributed by atoms with van der Waals surface area (Å²) >= 11 is 4.34. The number of hydrogen-bond acceptors (Lipinski definition) is 3. The predicted octanol–water partition coefficient (Wildman–Crippen LogP) is 1.33. The van der Waals surface area contributed by atoms with Crippen molar-refractivity contribution in [2.45, 2.75) is 25.8 Å². The zero-order valence-corrected chi connectivity index (χ0v) is 10.0. The first-order chi connectivity index (χ1) is 6.79. The van der Waals surface area contributed by atoms with Gasteiger partial charge in [0.1, 0.15) is 0 Å².